The maximum Gasteiger partial charge on any atom is 0.407 e. The van der Waals surface area contributed by atoms with Crippen LogP contribution in [-0.4, -0.2) is 46.2 Å². The van der Waals surface area contributed by atoms with Gasteiger partial charge in [-0.3, -0.25) is 9.79 Å². The lowest BCUT2D eigenvalue weighted by Gasteiger charge is -2.32. The van der Waals surface area contributed by atoms with E-state index in [1.807, 2.05) is 39.8 Å². The standard InChI is InChI=1S/C28H37N3O7/c1-8-28(35)21-15-23(31(7)24(32)20(21)16-37-25(28)33)18(3)30-22-11-10-19(14-17(22)2)36-13-9-12-29-26(34)38-27(4,5)6/h10-11,14-15,35H,8-9,12-13,16H2,1-7H3,(H,29,34)/t28-/m0/s1. The van der Waals surface area contributed by atoms with E-state index in [0.29, 0.717) is 42.4 Å². The van der Waals surface area contributed by atoms with Crippen LogP contribution in [0, 0.1) is 6.92 Å². The molecule has 1 aliphatic heterocycles. The van der Waals surface area contributed by atoms with Crippen LogP contribution in [0.25, 0.3) is 0 Å². The summed E-state index contributed by atoms with van der Waals surface area (Å²) in [6.07, 6.45) is 0.238. The van der Waals surface area contributed by atoms with Crippen LogP contribution >= 0.6 is 0 Å². The minimum Gasteiger partial charge on any atom is -0.494 e. The maximum absolute atomic E-state index is 13.0. The highest BCUT2D eigenvalue weighted by Crippen LogP contribution is 2.33. The molecule has 2 N–H and O–H groups in total. The van der Waals surface area contributed by atoms with Gasteiger partial charge in [-0.25, -0.2) is 9.59 Å². The zero-order valence-corrected chi connectivity index (χ0v) is 23.1. The van der Waals surface area contributed by atoms with Crippen LogP contribution in [0.15, 0.2) is 34.1 Å². The van der Waals surface area contributed by atoms with Crippen LogP contribution in [0.2, 0.25) is 0 Å². The van der Waals surface area contributed by atoms with Crippen molar-refractivity contribution in [1.29, 1.82) is 0 Å². The van der Waals surface area contributed by atoms with Crippen LogP contribution in [0.1, 0.15) is 69.8 Å². The fourth-order valence-electron chi connectivity index (χ4n) is 4.15. The van der Waals surface area contributed by atoms with Gasteiger partial charge in [0.2, 0.25) is 0 Å². The van der Waals surface area contributed by atoms with E-state index < -0.39 is 23.3 Å². The smallest absolute Gasteiger partial charge is 0.407 e. The molecule has 2 heterocycles. The van der Waals surface area contributed by atoms with Crippen LogP contribution in [0.4, 0.5) is 10.5 Å². The molecule has 2 aromatic rings. The Kier molecular flexibility index (Phi) is 8.66. The number of carbonyl (C=O) groups excluding carboxylic acids is 2. The lowest BCUT2D eigenvalue weighted by atomic mass is 9.86. The number of carbonyl (C=O) groups is 2. The Morgan fingerprint density at radius 3 is 2.61 bits per heavy atom. The minimum absolute atomic E-state index is 0.0826. The summed E-state index contributed by atoms with van der Waals surface area (Å²) in [6, 6.07) is 7.14. The third kappa shape index (κ3) is 6.42. The maximum atomic E-state index is 13.0. The van der Waals surface area contributed by atoms with Crippen LogP contribution < -0.4 is 15.6 Å². The van der Waals surface area contributed by atoms with E-state index in [1.165, 1.54) is 4.57 Å². The van der Waals surface area contributed by atoms with Crippen LogP contribution in [0.3, 0.4) is 0 Å². The topological polar surface area (TPSA) is 128 Å². The second kappa shape index (κ2) is 11.4. The fourth-order valence-corrected chi connectivity index (χ4v) is 4.15. The summed E-state index contributed by atoms with van der Waals surface area (Å²) in [6.45, 7) is 11.4. The number of esters is 1. The molecule has 0 unspecified atom stereocenters. The lowest BCUT2D eigenvalue weighted by molar-refractivity contribution is -0.172. The summed E-state index contributed by atoms with van der Waals surface area (Å²) in [5, 5.41) is 13.7. The number of aromatic nitrogens is 1. The molecule has 206 valence electrons. The highest BCUT2D eigenvalue weighted by atomic mass is 16.6. The molecule has 10 nitrogen and oxygen atoms in total. The number of aliphatic imine (C=N–C) groups is 1. The van der Waals surface area contributed by atoms with E-state index in [9.17, 15) is 19.5 Å². The van der Waals surface area contributed by atoms with Gasteiger partial charge >= 0.3 is 12.1 Å². The molecule has 0 fully saturated rings. The normalized spacial score (nSPS) is 17.5. The summed E-state index contributed by atoms with van der Waals surface area (Å²) < 4.78 is 17.5. The van der Waals surface area contributed by atoms with Crippen molar-refractivity contribution < 1.29 is 28.9 Å². The number of aryl methyl sites for hydroxylation is 1. The first-order valence-electron chi connectivity index (χ1n) is 12.7. The number of alkyl carbamates (subject to hydrolysis) is 1. The van der Waals surface area contributed by atoms with Crippen molar-refractivity contribution >= 4 is 23.5 Å². The van der Waals surface area contributed by atoms with Crippen molar-refractivity contribution in [3.8, 4) is 5.75 Å². The van der Waals surface area contributed by atoms with E-state index >= 15 is 0 Å². The number of pyridine rings is 1. The van der Waals surface area contributed by atoms with E-state index in [1.54, 1.807) is 33.0 Å². The Bertz CT molecular complexity index is 1310. The number of nitrogens with one attached hydrogen (secondary N) is 1. The number of ether oxygens (including phenoxy) is 3. The summed E-state index contributed by atoms with van der Waals surface area (Å²) in [5.41, 5.74) is 0.394. The molecule has 0 radical (unpaired) electrons. The molecule has 1 aromatic heterocycles. The Morgan fingerprint density at radius 2 is 1.97 bits per heavy atom. The molecule has 0 spiro atoms. The van der Waals surface area contributed by atoms with Gasteiger partial charge in [-0.05, 0) is 77.3 Å². The molecule has 0 bridgehead atoms. The number of rotatable bonds is 8. The van der Waals surface area contributed by atoms with Crippen molar-refractivity contribution in [3.05, 3.63) is 57.0 Å². The monoisotopic (exact) mass is 527 g/mol. The van der Waals surface area contributed by atoms with E-state index in [4.69, 9.17) is 19.2 Å². The third-order valence-electron chi connectivity index (χ3n) is 6.26. The highest BCUT2D eigenvalue weighted by Gasteiger charge is 2.44. The van der Waals surface area contributed by atoms with Gasteiger partial charge < -0.3 is 29.2 Å². The largest absolute Gasteiger partial charge is 0.494 e. The highest BCUT2D eigenvalue weighted by molar-refractivity contribution is 5.99. The first-order chi connectivity index (χ1) is 17.8. The Morgan fingerprint density at radius 1 is 1.26 bits per heavy atom. The van der Waals surface area contributed by atoms with Crippen molar-refractivity contribution in [3.63, 3.8) is 0 Å². The van der Waals surface area contributed by atoms with E-state index in [-0.39, 0.29) is 29.7 Å². The molecule has 0 saturated heterocycles. The summed E-state index contributed by atoms with van der Waals surface area (Å²) in [7, 11) is 1.62. The van der Waals surface area contributed by atoms with Gasteiger partial charge in [0, 0.05) is 19.2 Å². The first kappa shape index (κ1) is 28.9. The number of cyclic esters (lactones) is 1. The van der Waals surface area contributed by atoms with Gasteiger partial charge in [-0.1, -0.05) is 6.92 Å². The number of hydrogen-bond acceptors (Lipinski definition) is 8. The molecule has 1 amide bonds. The van der Waals surface area contributed by atoms with E-state index in [2.05, 4.69) is 5.32 Å². The zero-order valence-electron chi connectivity index (χ0n) is 23.1. The fraction of sp³-hybridized carbons (Fsp3) is 0.500. The Labute approximate surface area is 222 Å². The van der Waals surface area contributed by atoms with Gasteiger partial charge in [-0.2, -0.15) is 0 Å². The van der Waals surface area contributed by atoms with Crippen LogP contribution in [-0.2, 0) is 33.5 Å². The first-order valence-corrected chi connectivity index (χ1v) is 12.7. The second-order valence-corrected chi connectivity index (χ2v) is 10.4. The Hall–Kier alpha value is -3.66. The average Bonchev–Trinajstić information content (AvgIpc) is 2.83. The molecule has 1 aromatic carbocycles. The summed E-state index contributed by atoms with van der Waals surface area (Å²) in [4.78, 5) is 41.7. The molecule has 3 rings (SSSR count). The van der Waals surface area contributed by atoms with Crippen LogP contribution in [0.5, 0.6) is 5.75 Å². The minimum atomic E-state index is -1.87. The van der Waals surface area contributed by atoms with Gasteiger partial charge in [-0.15, -0.1) is 0 Å². The number of hydrogen-bond donors (Lipinski definition) is 2. The Balaban J connectivity index is 1.72. The predicted octanol–water partition coefficient (Wildman–Crippen LogP) is 3.78. The molecular weight excluding hydrogens is 490 g/mol. The summed E-state index contributed by atoms with van der Waals surface area (Å²) in [5.74, 6) is -0.0857. The van der Waals surface area contributed by atoms with Gasteiger partial charge in [0.05, 0.1) is 29.3 Å². The van der Waals surface area contributed by atoms with Crippen molar-refractivity contribution in [2.75, 3.05) is 13.2 Å². The average molecular weight is 528 g/mol. The number of amides is 1. The molecule has 10 heteroatoms. The molecule has 1 atom stereocenters. The molecule has 0 aliphatic carbocycles. The van der Waals surface area contributed by atoms with Gasteiger partial charge in [0.15, 0.2) is 5.60 Å². The molecule has 38 heavy (non-hydrogen) atoms. The lowest BCUT2D eigenvalue weighted by Crippen LogP contribution is -2.44. The SMILES string of the molecule is CC[C@@]1(O)C(=O)OCc2c1cc(C(C)=Nc1ccc(OCCCNC(=O)OC(C)(C)C)cc1C)n(C)c2=O. The van der Waals surface area contributed by atoms with Gasteiger partial charge in [0.1, 0.15) is 18.0 Å². The van der Waals surface area contributed by atoms with E-state index in [0.717, 1.165) is 5.56 Å². The predicted molar refractivity (Wildman–Crippen MR) is 143 cm³/mol. The third-order valence-corrected chi connectivity index (χ3v) is 6.26. The summed E-state index contributed by atoms with van der Waals surface area (Å²) >= 11 is 0. The molecular formula is C28H37N3O7. The number of aliphatic hydroxyl groups is 1. The molecule has 0 saturated carbocycles. The zero-order chi connectivity index (χ0) is 28.3. The number of benzene rings is 1. The number of nitrogens with zero attached hydrogens (tertiary/aromatic N) is 2. The van der Waals surface area contributed by atoms with Crippen molar-refractivity contribution in [2.24, 2.45) is 12.0 Å². The van der Waals surface area contributed by atoms with Crippen molar-refractivity contribution in [2.45, 2.75) is 72.2 Å². The molecule has 1 aliphatic rings. The van der Waals surface area contributed by atoms with Crippen molar-refractivity contribution in [1.82, 2.24) is 9.88 Å². The van der Waals surface area contributed by atoms with Gasteiger partial charge in [0.25, 0.3) is 5.56 Å². The number of fused-ring (bicyclic) bond motifs is 1. The second-order valence-electron chi connectivity index (χ2n) is 10.4. The quantitative estimate of drug-likeness (QED) is 0.304.